The van der Waals surface area contributed by atoms with E-state index >= 15 is 0 Å². The molecule has 35 heavy (non-hydrogen) atoms. The van der Waals surface area contributed by atoms with Crippen molar-refractivity contribution in [1.82, 2.24) is 14.8 Å². The zero-order valence-corrected chi connectivity index (χ0v) is 21.8. The number of fused-ring (bicyclic) bond motifs is 1. The number of nitrogens with zero attached hydrogens (tertiary/aromatic N) is 3. The summed E-state index contributed by atoms with van der Waals surface area (Å²) in [6, 6.07) is 7.98. The Kier molecular flexibility index (Phi) is 9.25. The number of carbonyl (C=O) groups is 1. The maximum absolute atomic E-state index is 14.2. The first-order chi connectivity index (χ1) is 16.7. The van der Waals surface area contributed by atoms with Crippen LogP contribution in [0.5, 0.6) is 5.88 Å². The maximum atomic E-state index is 14.2. The summed E-state index contributed by atoms with van der Waals surface area (Å²) in [4.78, 5) is 21.9. The van der Waals surface area contributed by atoms with Crippen molar-refractivity contribution < 1.29 is 19.0 Å². The molecular formula is C28H40FN3O3. The number of unbranched alkanes of at least 4 members (excludes halogenated alkanes) is 2. The second kappa shape index (κ2) is 12.0. The van der Waals surface area contributed by atoms with E-state index in [-0.39, 0.29) is 24.3 Å². The lowest BCUT2D eigenvalue weighted by Gasteiger charge is -2.46. The predicted octanol–water partition coefficient (Wildman–Crippen LogP) is 5.36. The van der Waals surface area contributed by atoms with E-state index in [0.717, 1.165) is 44.3 Å². The van der Waals surface area contributed by atoms with Crippen molar-refractivity contribution in [2.75, 3.05) is 19.6 Å². The fourth-order valence-electron chi connectivity index (χ4n) is 4.59. The van der Waals surface area contributed by atoms with Crippen LogP contribution in [0.4, 0.5) is 4.39 Å². The number of hydrogen-bond acceptors (Lipinski definition) is 5. The van der Waals surface area contributed by atoms with Crippen molar-refractivity contribution in [3.05, 3.63) is 59.0 Å². The molecule has 0 saturated heterocycles. The van der Waals surface area contributed by atoms with Crippen LogP contribution in [0.25, 0.3) is 0 Å². The van der Waals surface area contributed by atoms with Crippen LogP contribution in [-0.2, 0) is 6.54 Å². The molecule has 0 spiro atoms. The number of amides is 1. The Hall–Kier alpha value is -2.51. The molecule has 1 N–H and O–H groups in total. The van der Waals surface area contributed by atoms with E-state index in [1.165, 1.54) is 12.3 Å². The monoisotopic (exact) mass is 485 g/mol. The van der Waals surface area contributed by atoms with E-state index in [9.17, 15) is 14.3 Å². The average Bonchev–Trinajstić information content (AvgIpc) is 2.84. The molecule has 0 radical (unpaired) electrons. The minimum atomic E-state index is -0.812. The summed E-state index contributed by atoms with van der Waals surface area (Å²) in [5.74, 6) is -0.0987. The number of hydrogen-bond donors (Lipinski definition) is 1. The number of aliphatic hydroxyl groups is 1. The molecule has 2 heterocycles. The number of ether oxygens (including phenoxy) is 1. The second-order valence-corrected chi connectivity index (χ2v) is 9.87. The minimum absolute atomic E-state index is 0.174. The van der Waals surface area contributed by atoms with Crippen molar-refractivity contribution in [2.45, 2.75) is 84.6 Å². The van der Waals surface area contributed by atoms with Crippen LogP contribution in [0.3, 0.4) is 0 Å². The van der Waals surface area contributed by atoms with E-state index in [0.29, 0.717) is 23.6 Å². The molecule has 1 aromatic heterocycles. The number of aromatic nitrogens is 1. The Bertz CT molecular complexity index is 989. The summed E-state index contributed by atoms with van der Waals surface area (Å²) < 4.78 is 20.3. The normalized spacial score (nSPS) is 18.7. The Morgan fingerprint density at radius 3 is 2.40 bits per heavy atom. The SMILES string of the molecule is CCCCN(CCCC)[C@@H]1c2cc(C(=O)N(CC)Cc3ccccc3F)cnc2OC(C)(C)[C@H]1O. The van der Waals surface area contributed by atoms with Gasteiger partial charge in [-0.25, -0.2) is 9.37 Å². The summed E-state index contributed by atoms with van der Waals surface area (Å²) in [7, 11) is 0. The highest BCUT2D eigenvalue weighted by molar-refractivity contribution is 5.94. The third kappa shape index (κ3) is 6.19. The van der Waals surface area contributed by atoms with E-state index in [1.54, 1.807) is 23.1 Å². The number of rotatable bonds is 11. The molecule has 1 aliphatic rings. The van der Waals surface area contributed by atoms with Crippen molar-refractivity contribution in [3.63, 3.8) is 0 Å². The Labute approximate surface area is 209 Å². The smallest absolute Gasteiger partial charge is 0.255 e. The van der Waals surface area contributed by atoms with Crippen LogP contribution in [0, 0.1) is 5.82 Å². The predicted molar refractivity (Wildman–Crippen MR) is 136 cm³/mol. The molecule has 0 aliphatic carbocycles. The number of aliphatic hydroxyl groups excluding tert-OH is 1. The molecule has 3 rings (SSSR count). The number of halogens is 1. The quantitative estimate of drug-likeness (QED) is 0.464. The zero-order valence-electron chi connectivity index (χ0n) is 21.8. The summed E-state index contributed by atoms with van der Waals surface area (Å²) in [6.45, 7) is 12.2. The van der Waals surface area contributed by atoms with Gasteiger partial charge in [-0.1, -0.05) is 44.9 Å². The molecule has 1 amide bonds. The van der Waals surface area contributed by atoms with E-state index in [2.05, 4.69) is 23.7 Å². The Morgan fingerprint density at radius 2 is 1.80 bits per heavy atom. The van der Waals surface area contributed by atoms with Gasteiger partial charge in [0.05, 0.1) is 11.6 Å². The summed E-state index contributed by atoms with van der Waals surface area (Å²) in [5.41, 5.74) is 0.801. The van der Waals surface area contributed by atoms with Gasteiger partial charge in [-0.05, 0) is 58.8 Å². The van der Waals surface area contributed by atoms with Crippen LogP contribution in [0.2, 0.25) is 0 Å². The van der Waals surface area contributed by atoms with Gasteiger partial charge in [0.15, 0.2) is 0 Å². The molecule has 0 unspecified atom stereocenters. The molecule has 1 aliphatic heterocycles. The van der Waals surface area contributed by atoms with Gasteiger partial charge < -0.3 is 14.7 Å². The van der Waals surface area contributed by atoms with Gasteiger partial charge in [0.25, 0.3) is 5.91 Å². The number of carbonyl (C=O) groups excluding carboxylic acids is 1. The van der Waals surface area contributed by atoms with Gasteiger partial charge in [-0.3, -0.25) is 9.69 Å². The highest BCUT2D eigenvalue weighted by atomic mass is 19.1. The molecule has 0 bridgehead atoms. The van der Waals surface area contributed by atoms with Gasteiger partial charge in [0.2, 0.25) is 5.88 Å². The Morgan fingerprint density at radius 1 is 1.14 bits per heavy atom. The second-order valence-electron chi connectivity index (χ2n) is 9.87. The lowest BCUT2D eigenvalue weighted by Crippen LogP contribution is -2.54. The lowest BCUT2D eigenvalue weighted by atomic mass is 9.86. The van der Waals surface area contributed by atoms with Crippen LogP contribution < -0.4 is 4.74 Å². The average molecular weight is 486 g/mol. The van der Waals surface area contributed by atoms with E-state index < -0.39 is 11.7 Å². The van der Waals surface area contributed by atoms with Gasteiger partial charge in [-0.2, -0.15) is 0 Å². The van der Waals surface area contributed by atoms with Crippen molar-refractivity contribution in [2.24, 2.45) is 0 Å². The van der Waals surface area contributed by atoms with Crippen LogP contribution in [-0.4, -0.2) is 57.1 Å². The van der Waals surface area contributed by atoms with Crippen LogP contribution >= 0.6 is 0 Å². The van der Waals surface area contributed by atoms with Crippen LogP contribution in [0.15, 0.2) is 36.5 Å². The molecule has 1 aromatic carbocycles. The highest BCUT2D eigenvalue weighted by Crippen LogP contribution is 2.42. The standard InChI is InChI=1S/C28H40FN3O3/c1-6-9-15-32(16-10-7-2)24-22-17-21(18-30-26(22)35-28(4,5)25(24)33)27(34)31(8-3)19-20-13-11-12-14-23(20)29/h11-14,17-18,24-25,33H,6-10,15-16,19H2,1-5H3/t24-,25+/m1/s1. The van der Waals surface area contributed by atoms with Gasteiger partial charge >= 0.3 is 0 Å². The van der Waals surface area contributed by atoms with Crippen molar-refractivity contribution in [1.29, 1.82) is 0 Å². The molecule has 7 heteroatoms. The molecule has 2 atom stereocenters. The number of benzene rings is 1. The minimum Gasteiger partial charge on any atom is -0.469 e. The Balaban J connectivity index is 1.97. The third-order valence-electron chi connectivity index (χ3n) is 6.79. The lowest BCUT2D eigenvalue weighted by molar-refractivity contribution is -0.0963. The largest absolute Gasteiger partial charge is 0.469 e. The molecule has 0 fully saturated rings. The van der Waals surface area contributed by atoms with E-state index in [4.69, 9.17) is 4.74 Å². The molecule has 192 valence electrons. The molecule has 6 nitrogen and oxygen atoms in total. The summed E-state index contributed by atoms with van der Waals surface area (Å²) in [5, 5.41) is 11.4. The van der Waals surface area contributed by atoms with Gasteiger partial charge in [0, 0.05) is 30.4 Å². The molecular weight excluding hydrogens is 445 g/mol. The van der Waals surface area contributed by atoms with Crippen molar-refractivity contribution in [3.8, 4) is 5.88 Å². The summed E-state index contributed by atoms with van der Waals surface area (Å²) >= 11 is 0. The van der Waals surface area contributed by atoms with Crippen molar-refractivity contribution >= 4 is 5.91 Å². The summed E-state index contributed by atoms with van der Waals surface area (Å²) in [6.07, 6.45) is 4.88. The van der Waals surface area contributed by atoms with Gasteiger partial charge in [0.1, 0.15) is 17.5 Å². The maximum Gasteiger partial charge on any atom is 0.255 e. The topological polar surface area (TPSA) is 65.9 Å². The first-order valence-corrected chi connectivity index (χ1v) is 12.9. The highest BCUT2D eigenvalue weighted by Gasteiger charge is 2.46. The third-order valence-corrected chi connectivity index (χ3v) is 6.79. The fourth-order valence-corrected chi connectivity index (χ4v) is 4.59. The van der Waals surface area contributed by atoms with Gasteiger partial charge in [-0.15, -0.1) is 0 Å². The molecule has 0 saturated carbocycles. The first kappa shape index (κ1) is 27.1. The molecule has 2 aromatic rings. The van der Waals surface area contributed by atoms with E-state index in [1.807, 2.05) is 26.8 Å². The first-order valence-electron chi connectivity index (χ1n) is 12.9. The number of pyridine rings is 1. The van der Waals surface area contributed by atoms with Crippen LogP contribution in [0.1, 0.15) is 87.8 Å². The fraction of sp³-hybridized carbons (Fsp3) is 0.571. The zero-order chi connectivity index (χ0) is 25.6.